The molecule has 0 bridgehead atoms. The third kappa shape index (κ3) is 5.72. The van der Waals surface area contributed by atoms with E-state index in [1.54, 1.807) is 6.21 Å². The number of carbonyl (C=O) groups excluding carboxylic acids is 1. The van der Waals surface area contributed by atoms with Crippen molar-refractivity contribution in [3.8, 4) is 5.75 Å². The maximum Gasteiger partial charge on any atom is 0.271 e. The van der Waals surface area contributed by atoms with Crippen LogP contribution in [0, 0.1) is 0 Å². The molecule has 4 nitrogen and oxygen atoms in total. The minimum absolute atomic E-state index is 0.0355. The highest BCUT2D eigenvalue weighted by Crippen LogP contribution is 2.28. The largest absolute Gasteiger partial charge is 0.488 e. The van der Waals surface area contributed by atoms with Crippen molar-refractivity contribution in [2.24, 2.45) is 5.10 Å². The van der Waals surface area contributed by atoms with Crippen molar-refractivity contribution in [3.63, 3.8) is 0 Å². The number of nitrogens with zero attached hydrogens (tertiary/aromatic N) is 1. The Morgan fingerprint density at radius 1 is 0.971 bits per heavy atom. The molecule has 0 aromatic heterocycles. The molecule has 0 heterocycles. The maximum absolute atomic E-state index is 12.6. The van der Waals surface area contributed by atoms with E-state index in [2.05, 4.69) is 47.2 Å². The molecule has 34 heavy (non-hydrogen) atoms. The van der Waals surface area contributed by atoms with Crippen LogP contribution in [-0.4, -0.2) is 12.1 Å². The van der Waals surface area contributed by atoms with Gasteiger partial charge in [-0.3, -0.25) is 4.79 Å². The third-order valence-electron chi connectivity index (χ3n) is 5.59. The van der Waals surface area contributed by atoms with E-state index in [0.717, 1.165) is 26.4 Å². The fourth-order valence-corrected chi connectivity index (χ4v) is 4.11. The molecule has 0 spiro atoms. The first kappa shape index (κ1) is 23.7. The van der Waals surface area contributed by atoms with Gasteiger partial charge in [-0.25, -0.2) is 5.43 Å². The molecule has 1 amide bonds. The fraction of sp³-hybridized carbons (Fsp3) is 0.172. The van der Waals surface area contributed by atoms with Crippen LogP contribution in [0.1, 0.15) is 47.8 Å². The van der Waals surface area contributed by atoms with Gasteiger partial charge in [0.05, 0.1) is 6.21 Å². The molecule has 0 saturated heterocycles. The SMILES string of the molecule is CC(C)(C)c1ccc(C(=O)N/N=C\c2c(OCc3cccc(Br)c3)ccc3ccccc23)cc1. The van der Waals surface area contributed by atoms with Crippen LogP contribution in [0.3, 0.4) is 0 Å². The number of nitrogens with one attached hydrogen (secondary N) is 1. The number of hydrogen-bond acceptors (Lipinski definition) is 3. The number of halogens is 1. The van der Waals surface area contributed by atoms with Gasteiger partial charge in [0, 0.05) is 15.6 Å². The molecule has 1 N–H and O–H groups in total. The number of amides is 1. The molecule has 5 heteroatoms. The van der Waals surface area contributed by atoms with Crippen molar-refractivity contribution in [3.05, 3.63) is 112 Å². The predicted octanol–water partition coefficient (Wildman–Crippen LogP) is 7.24. The Morgan fingerprint density at radius 2 is 1.74 bits per heavy atom. The Hall–Kier alpha value is -3.44. The highest BCUT2D eigenvalue weighted by atomic mass is 79.9. The van der Waals surface area contributed by atoms with Crippen LogP contribution in [0.5, 0.6) is 5.75 Å². The van der Waals surface area contributed by atoms with Crippen LogP contribution in [0.4, 0.5) is 0 Å². The predicted molar refractivity (Wildman–Crippen MR) is 143 cm³/mol. The second-order valence-corrected chi connectivity index (χ2v) is 10.1. The molecule has 0 aliphatic carbocycles. The zero-order chi connectivity index (χ0) is 24.1. The van der Waals surface area contributed by atoms with E-state index >= 15 is 0 Å². The minimum atomic E-state index is -0.256. The molecule has 0 aliphatic rings. The normalized spacial score (nSPS) is 11.6. The van der Waals surface area contributed by atoms with Gasteiger partial charge in [0.15, 0.2) is 0 Å². The first-order valence-corrected chi connectivity index (χ1v) is 11.9. The lowest BCUT2D eigenvalue weighted by Crippen LogP contribution is -2.18. The summed E-state index contributed by atoms with van der Waals surface area (Å²) in [5, 5.41) is 6.33. The molecule has 4 rings (SSSR count). The molecule has 0 atom stereocenters. The first-order chi connectivity index (χ1) is 16.3. The van der Waals surface area contributed by atoms with Crippen LogP contribution < -0.4 is 10.2 Å². The number of hydrogen-bond donors (Lipinski definition) is 1. The average molecular weight is 515 g/mol. The van der Waals surface area contributed by atoms with E-state index in [0.29, 0.717) is 17.9 Å². The smallest absolute Gasteiger partial charge is 0.271 e. The van der Waals surface area contributed by atoms with Gasteiger partial charge in [0.25, 0.3) is 5.91 Å². The molecule has 4 aromatic carbocycles. The number of rotatable bonds is 6. The second kappa shape index (κ2) is 10.2. The van der Waals surface area contributed by atoms with Gasteiger partial charge in [0.2, 0.25) is 0 Å². The first-order valence-electron chi connectivity index (χ1n) is 11.1. The highest BCUT2D eigenvalue weighted by molar-refractivity contribution is 9.10. The molecule has 172 valence electrons. The summed E-state index contributed by atoms with van der Waals surface area (Å²) in [7, 11) is 0. The lowest BCUT2D eigenvalue weighted by atomic mass is 9.87. The molecule has 0 unspecified atom stereocenters. The average Bonchev–Trinajstić information content (AvgIpc) is 2.83. The Kier molecular flexibility index (Phi) is 7.13. The number of hydrazone groups is 1. The van der Waals surface area contributed by atoms with Crippen LogP contribution in [0.25, 0.3) is 10.8 Å². The van der Waals surface area contributed by atoms with Crippen molar-refractivity contribution >= 4 is 38.8 Å². The molecule has 0 fully saturated rings. The van der Waals surface area contributed by atoms with E-state index in [1.165, 1.54) is 5.56 Å². The standard InChI is InChI=1S/C29H27BrN2O2/c1-29(2,3)23-14-11-22(12-15-23)28(33)32-31-18-26-25-10-5-4-8-21(25)13-16-27(26)34-19-20-7-6-9-24(30)17-20/h4-18H,19H2,1-3H3,(H,32,33)/b31-18-. The number of benzene rings is 4. The van der Waals surface area contributed by atoms with Crippen molar-refractivity contribution < 1.29 is 9.53 Å². The monoisotopic (exact) mass is 514 g/mol. The van der Waals surface area contributed by atoms with E-state index in [9.17, 15) is 4.79 Å². The summed E-state index contributed by atoms with van der Waals surface area (Å²) >= 11 is 3.50. The van der Waals surface area contributed by atoms with Crippen molar-refractivity contribution in [2.45, 2.75) is 32.8 Å². The number of carbonyl (C=O) groups is 1. The van der Waals surface area contributed by atoms with Crippen molar-refractivity contribution in [2.75, 3.05) is 0 Å². The van der Waals surface area contributed by atoms with Gasteiger partial charge in [-0.05, 0) is 57.6 Å². The highest BCUT2D eigenvalue weighted by Gasteiger charge is 2.14. The van der Waals surface area contributed by atoms with Crippen molar-refractivity contribution in [1.29, 1.82) is 0 Å². The number of fused-ring (bicyclic) bond motifs is 1. The summed E-state index contributed by atoms with van der Waals surface area (Å²) in [6.07, 6.45) is 1.65. The topological polar surface area (TPSA) is 50.7 Å². The molecule has 4 aromatic rings. The number of ether oxygens (including phenoxy) is 1. The van der Waals surface area contributed by atoms with Crippen molar-refractivity contribution in [1.82, 2.24) is 5.43 Å². The fourth-order valence-electron chi connectivity index (χ4n) is 3.66. The van der Waals surface area contributed by atoms with Gasteiger partial charge < -0.3 is 4.74 Å². The summed E-state index contributed by atoms with van der Waals surface area (Å²) in [4.78, 5) is 12.6. The third-order valence-corrected chi connectivity index (χ3v) is 6.08. The zero-order valence-electron chi connectivity index (χ0n) is 19.5. The summed E-state index contributed by atoms with van der Waals surface area (Å²) in [6, 6.07) is 27.6. The van der Waals surface area contributed by atoms with E-state index < -0.39 is 0 Å². The van der Waals surface area contributed by atoms with Crippen LogP contribution >= 0.6 is 15.9 Å². The van der Waals surface area contributed by atoms with E-state index in [1.807, 2.05) is 84.9 Å². The minimum Gasteiger partial charge on any atom is -0.488 e. The Morgan fingerprint density at radius 3 is 2.47 bits per heavy atom. The Bertz CT molecular complexity index is 1340. The van der Waals surface area contributed by atoms with Gasteiger partial charge >= 0.3 is 0 Å². The summed E-state index contributed by atoms with van der Waals surface area (Å²) in [5.41, 5.74) is 6.29. The summed E-state index contributed by atoms with van der Waals surface area (Å²) in [6.45, 7) is 6.86. The van der Waals surface area contributed by atoms with E-state index in [-0.39, 0.29) is 11.3 Å². The molecular weight excluding hydrogens is 488 g/mol. The molecule has 0 radical (unpaired) electrons. The zero-order valence-corrected chi connectivity index (χ0v) is 21.1. The quantitative estimate of drug-likeness (QED) is 0.217. The van der Waals surface area contributed by atoms with Gasteiger partial charge in [-0.15, -0.1) is 0 Å². The molecule has 0 saturated carbocycles. The Labute approximate surface area is 208 Å². The lowest BCUT2D eigenvalue weighted by Gasteiger charge is -2.18. The lowest BCUT2D eigenvalue weighted by molar-refractivity contribution is 0.0955. The van der Waals surface area contributed by atoms with Gasteiger partial charge in [-0.1, -0.05) is 91.3 Å². The second-order valence-electron chi connectivity index (χ2n) is 9.14. The maximum atomic E-state index is 12.6. The van der Waals surface area contributed by atoms with Gasteiger partial charge in [0.1, 0.15) is 12.4 Å². The van der Waals surface area contributed by atoms with Crippen LogP contribution in [0.2, 0.25) is 0 Å². The van der Waals surface area contributed by atoms with Crippen LogP contribution in [0.15, 0.2) is 94.5 Å². The molecule has 0 aliphatic heterocycles. The molecular formula is C29H27BrN2O2. The Balaban J connectivity index is 1.54. The van der Waals surface area contributed by atoms with Gasteiger partial charge in [-0.2, -0.15) is 5.10 Å². The summed E-state index contributed by atoms with van der Waals surface area (Å²) < 4.78 is 7.16. The van der Waals surface area contributed by atoms with E-state index in [4.69, 9.17) is 4.74 Å². The summed E-state index contributed by atoms with van der Waals surface area (Å²) in [5.74, 6) is 0.444. The van der Waals surface area contributed by atoms with Crippen LogP contribution in [-0.2, 0) is 12.0 Å².